The van der Waals surface area contributed by atoms with Gasteiger partial charge in [-0.15, -0.1) is 0 Å². The van der Waals surface area contributed by atoms with Gasteiger partial charge in [0.15, 0.2) is 17.5 Å². The Kier molecular flexibility index (Phi) is 3.72. The summed E-state index contributed by atoms with van der Waals surface area (Å²) in [5.74, 6) is -3.75. The van der Waals surface area contributed by atoms with Crippen molar-refractivity contribution in [2.75, 3.05) is 7.05 Å². The monoisotopic (exact) mass is 291 g/mol. The van der Waals surface area contributed by atoms with Crippen molar-refractivity contribution in [1.29, 1.82) is 0 Å². The highest BCUT2D eigenvalue weighted by molar-refractivity contribution is 5.40. The minimum Gasteiger partial charge on any atom is -0.309 e. The summed E-state index contributed by atoms with van der Waals surface area (Å²) in [6, 6.07) is 7.84. The summed E-state index contributed by atoms with van der Waals surface area (Å²) in [6.07, 6.45) is 3.26. The van der Waals surface area contributed by atoms with Crippen LogP contribution in [0.5, 0.6) is 0 Å². The molecule has 2 aromatic rings. The van der Waals surface area contributed by atoms with Gasteiger partial charge in [-0.1, -0.05) is 18.2 Å². The van der Waals surface area contributed by atoms with Gasteiger partial charge in [0, 0.05) is 0 Å². The van der Waals surface area contributed by atoms with Crippen LogP contribution in [0.25, 0.3) is 0 Å². The molecule has 0 amide bonds. The Hall–Kier alpha value is -1.81. The Balaban J connectivity index is 2.02. The van der Waals surface area contributed by atoms with Crippen molar-refractivity contribution in [3.8, 4) is 0 Å². The molecule has 1 aliphatic rings. The van der Waals surface area contributed by atoms with Gasteiger partial charge in [0.1, 0.15) is 0 Å². The molecule has 21 heavy (non-hydrogen) atoms. The molecule has 0 saturated carbocycles. The zero-order valence-electron chi connectivity index (χ0n) is 11.7. The Morgan fingerprint density at radius 1 is 0.905 bits per heavy atom. The summed E-state index contributed by atoms with van der Waals surface area (Å²) in [4.78, 5) is 0. The number of benzene rings is 2. The molecule has 110 valence electrons. The smallest absolute Gasteiger partial charge is 0.194 e. The molecule has 0 aromatic heterocycles. The Morgan fingerprint density at radius 2 is 1.57 bits per heavy atom. The van der Waals surface area contributed by atoms with Gasteiger partial charge in [-0.3, -0.25) is 0 Å². The molecule has 0 saturated heterocycles. The van der Waals surface area contributed by atoms with Gasteiger partial charge in [-0.05, 0) is 60.7 Å². The summed E-state index contributed by atoms with van der Waals surface area (Å²) < 4.78 is 39.9. The van der Waals surface area contributed by atoms with Crippen molar-refractivity contribution in [2.24, 2.45) is 0 Å². The van der Waals surface area contributed by atoms with E-state index < -0.39 is 17.5 Å². The van der Waals surface area contributed by atoms with E-state index in [0.29, 0.717) is 5.56 Å². The molecule has 1 N–H and O–H groups in total. The molecular weight excluding hydrogens is 275 g/mol. The molecule has 4 heteroatoms. The maximum atomic E-state index is 13.4. The highest BCUT2D eigenvalue weighted by Crippen LogP contribution is 2.29. The first-order chi connectivity index (χ1) is 10.1. The Morgan fingerprint density at radius 3 is 2.24 bits per heavy atom. The van der Waals surface area contributed by atoms with Crippen LogP contribution in [-0.4, -0.2) is 7.05 Å². The second-order valence-corrected chi connectivity index (χ2v) is 5.40. The van der Waals surface area contributed by atoms with Crippen molar-refractivity contribution >= 4 is 0 Å². The van der Waals surface area contributed by atoms with Crippen molar-refractivity contribution in [3.05, 3.63) is 70.0 Å². The highest BCUT2D eigenvalue weighted by atomic mass is 19.2. The summed E-state index contributed by atoms with van der Waals surface area (Å²) in [5, 5.41) is 3.04. The van der Waals surface area contributed by atoms with Crippen LogP contribution in [0.2, 0.25) is 0 Å². The van der Waals surface area contributed by atoms with Gasteiger partial charge < -0.3 is 5.32 Å². The molecule has 0 fully saturated rings. The van der Waals surface area contributed by atoms with Crippen molar-refractivity contribution in [2.45, 2.75) is 25.3 Å². The first kappa shape index (κ1) is 14.1. The lowest BCUT2D eigenvalue weighted by Crippen LogP contribution is -2.18. The molecule has 1 atom stereocenters. The normalized spacial score (nSPS) is 15.0. The van der Waals surface area contributed by atoms with Crippen molar-refractivity contribution < 1.29 is 13.2 Å². The van der Waals surface area contributed by atoms with E-state index in [0.717, 1.165) is 37.0 Å². The van der Waals surface area contributed by atoms with E-state index >= 15 is 0 Å². The molecule has 0 radical (unpaired) electrons. The van der Waals surface area contributed by atoms with E-state index in [9.17, 15) is 13.2 Å². The molecule has 1 unspecified atom stereocenters. The lowest BCUT2D eigenvalue weighted by atomic mass is 9.95. The van der Waals surface area contributed by atoms with Crippen LogP contribution >= 0.6 is 0 Å². The molecule has 3 rings (SSSR count). The summed E-state index contributed by atoms with van der Waals surface area (Å²) in [5.41, 5.74) is 3.94. The van der Waals surface area contributed by atoms with Gasteiger partial charge >= 0.3 is 0 Å². The van der Waals surface area contributed by atoms with Crippen LogP contribution in [0, 0.1) is 17.5 Å². The van der Waals surface area contributed by atoms with E-state index in [4.69, 9.17) is 0 Å². The number of rotatable bonds is 3. The van der Waals surface area contributed by atoms with E-state index in [-0.39, 0.29) is 6.04 Å². The maximum absolute atomic E-state index is 13.4. The average Bonchev–Trinajstić information content (AvgIpc) is 2.93. The summed E-state index contributed by atoms with van der Waals surface area (Å²) >= 11 is 0. The molecule has 0 spiro atoms. The van der Waals surface area contributed by atoms with Crippen LogP contribution in [0.15, 0.2) is 30.3 Å². The molecule has 1 aliphatic carbocycles. The van der Waals surface area contributed by atoms with Crippen LogP contribution in [0.4, 0.5) is 13.2 Å². The quantitative estimate of drug-likeness (QED) is 0.846. The van der Waals surface area contributed by atoms with Gasteiger partial charge in [0.05, 0.1) is 6.04 Å². The summed E-state index contributed by atoms with van der Waals surface area (Å²) in [7, 11) is 1.72. The van der Waals surface area contributed by atoms with Gasteiger partial charge in [0.25, 0.3) is 0 Å². The van der Waals surface area contributed by atoms with E-state index in [1.807, 2.05) is 6.07 Å². The predicted octanol–water partition coefficient (Wildman–Crippen LogP) is 3.90. The van der Waals surface area contributed by atoms with Crippen molar-refractivity contribution in [1.82, 2.24) is 5.32 Å². The highest BCUT2D eigenvalue weighted by Gasteiger charge is 2.19. The van der Waals surface area contributed by atoms with Gasteiger partial charge in [0.2, 0.25) is 0 Å². The molecule has 0 heterocycles. The molecule has 0 aliphatic heterocycles. The molecular formula is C17H16F3N. The van der Waals surface area contributed by atoms with Crippen LogP contribution in [0.1, 0.15) is 34.7 Å². The standard InChI is InChI=1S/C17H16F3N/c1-21-17(13-8-14(18)16(20)15(19)9-13)12-6-5-10-3-2-4-11(10)7-12/h5-9,17,21H,2-4H2,1H3. The summed E-state index contributed by atoms with van der Waals surface area (Å²) in [6.45, 7) is 0. The number of halogens is 3. The first-order valence-corrected chi connectivity index (χ1v) is 7.03. The minimum absolute atomic E-state index is 0.361. The molecule has 0 bridgehead atoms. The SMILES string of the molecule is CNC(c1cc(F)c(F)c(F)c1)c1ccc2c(c1)CCC2. The van der Waals surface area contributed by atoms with E-state index in [1.54, 1.807) is 7.05 Å². The predicted molar refractivity (Wildman–Crippen MR) is 75.7 cm³/mol. The van der Waals surface area contributed by atoms with Gasteiger partial charge in [-0.25, -0.2) is 13.2 Å². The second-order valence-electron chi connectivity index (χ2n) is 5.40. The zero-order valence-corrected chi connectivity index (χ0v) is 11.7. The molecule has 1 nitrogen and oxygen atoms in total. The third-order valence-corrected chi connectivity index (χ3v) is 4.08. The third kappa shape index (κ3) is 2.56. The first-order valence-electron chi connectivity index (χ1n) is 7.03. The number of aryl methyl sites for hydroxylation is 2. The second kappa shape index (κ2) is 5.53. The lowest BCUT2D eigenvalue weighted by Gasteiger charge is -2.19. The number of hydrogen-bond acceptors (Lipinski definition) is 1. The lowest BCUT2D eigenvalue weighted by molar-refractivity contribution is 0.443. The fourth-order valence-electron chi connectivity index (χ4n) is 3.04. The zero-order chi connectivity index (χ0) is 15.0. The van der Waals surface area contributed by atoms with E-state index in [1.165, 1.54) is 11.1 Å². The van der Waals surface area contributed by atoms with Crippen LogP contribution in [0.3, 0.4) is 0 Å². The third-order valence-electron chi connectivity index (χ3n) is 4.08. The van der Waals surface area contributed by atoms with Gasteiger partial charge in [-0.2, -0.15) is 0 Å². The van der Waals surface area contributed by atoms with E-state index in [2.05, 4.69) is 17.4 Å². The van der Waals surface area contributed by atoms with Crippen molar-refractivity contribution in [3.63, 3.8) is 0 Å². The fourth-order valence-corrected chi connectivity index (χ4v) is 3.04. The largest absolute Gasteiger partial charge is 0.309 e. The number of fused-ring (bicyclic) bond motifs is 1. The average molecular weight is 291 g/mol. The topological polar surface area (TPSA) is 12.0 Å². The Labute approximate surface area is 121 Å². The van der Waals surface area contributed by atoms with Crippen LogP contribution in [-0.2, 0) is 12.8 Å². The number of hydrogen-bond donors (Lipinski definition) is 1. The molecule has 2 aromatic carbocycles. The minimum atomic E-state index is -1.43. The maximum Gasteiger partial charge on any atom is 0.194 e. The number of nitrogens with one attached hydrogen (secondary N) is 1. The fraction of sp³-hybridized carbons (Fsp3) is 0.294. The van der Waals surface area contributed by atoms with Crippen LogP contribution < -0.4 is 5.32 Å². The Bertz CT molecular complexity index is 659.